The van der Waals surface area contributed by atoms with Gasteiger partial charge in [0.15, 0.2) is 0 Å². The second-order valence-corrected chi connectivity index (χ2v) is 13.5. The molecule has 2 saturated heterocycles. The molecule has 2 fully saturated rings. The molecule has 3 amide bonds. The third-order valence-electron chi connectivity index (χ3n) is 7.19. The summed E-state index contributed by atoms with van der Waals surface area (Å²) in [6, 6.07) is 10.5. The van der Waals surface area contributed by atoms with Crippen LogP contribution in [0.5, 0.6) is 0 Å². The highest BCUT2D eigenvalue weighted by molar-refractivity contribution is 14.2. The first-order valence-corrected chi connectivity index (χ1v) is 18.1. The van der Waals surface area contributed by atoms with Crippen LogP contribution in [-0.4, -0.2) is 103 Å². The van der Waals surface area contributed by atoms with Gasteiger partial charge >= 0.3 is 11.8 Å². The molecule has 2 aromatic rings. The number of carbonyl (C=O) groups excluding carboxylic acids is 3. The van der Waals surface area contributed by atoms with E-state index in [1.807, 2.05) is 27.7 Å². The van der Waals surface area contributed by atoms with E-state index in [9.17, 15) is 14.4 Å². The van der Waals surface area contributed by atoms with Gasteiger partial charge in [-0.1, -0.05) is 39.0 Å². The first-order valence-electron chi connectivity index (χ1n) is 14.0. The minimum Gasteiger partial charge on any atom is -0.369 e. The van der Waals surface area contributed by atoms with Gasteiger partial charge in [0, 0.05) is 87.3 Å². The smallest absolute Gasteiger partial charge is 0.314 e. The second-order valence-electron chi connectivity index (χ2n) is 11.4. The summed E-state index contributed by atoms with van der Waals surface area (Å²) in [7, 11) is 2.18. The van der Waals surface area contributed by atoms with Gasteiger partial charge < -0.3 is 35.4 Å². The Kier molecular flexibility index (Phi) is 12.5. The van der Waals surface area contributed by atoms with E-state index in [4.69, 9.17) is 5.41 Å². The molecule has 2 aliphatic heterocycles. The lowest BCUT2D eigenvalue weighted by Crippen LogP contribution is -2.58. The fourth-order valence-electron chi connectivity index (χ4n) is 4.77. The normalized spacial score (nSPS) is 17.9. The number of nitrogens with one attached hydrogen (secondary N) is 3. The van der Waals surface area contributed by atoms with Gasteiger partial charge in [-0.2, -0.15) is 0 Å². The monoisotopic (exact) mass is 708 g/mol. The standard InChI is InChI=1S/C18H26IN6O3P.C11H16N2/c1-11-10-24(5-6-25(11)17(28)18(2,3)4)16(27)15(26)22-13-9-21-8-12(7-20)14(13)23-29-19;1-12-7-9-13(10-8-12)11-5-3-2-4-6-11/h7-9,11,20,29H,5-6,10H2,1-4H3,(H,21,23)(H,22,26);2-6H,7-10H2,1H3. The number of para-hydroxylation sites is 1. The summed E-state index contributed by atoms with van der Waals surface area (Å²) in [5, 5.41) is 13.2. The fourth-order valence-corrected chi connectivity index (χ4v) is 5.95. The average molecular weight is 709 g/mol. The van der Waals surface area contributed by atoms with Crippen molar-refractivity contribution in [2.75, 3.05) is 68.2 Å². The molecular formula is C29H42IN8O3P. The molecule has 3 N–H and O–H groups in total. The Balaban J connectivity index is 0.000000307. The Bertz CT molecular complexity index is 1240. The lowest BCUT2D eigenvalue weighted by Gasteiger charge is -2.42. The van der Waals surface area contributed by atoms with E-state index < -0.39 is 17.2 Å². The molecule has 228 valence electrons. The number of carbonyl (C=O) groups is 3. The molecule has 13 heteroatoms. The number of hydrogen-bond acceptors (Lipinski definition) is 8. The van der Waals surface area contributed by atoms with Crippen LogP contribution in [0, 0.1) is 10.8 Å². The molecule has 2 aliphatic rings. The van der Waals surface area contributed by atoms with Crippen molar-refractivity contribution in [1.82, 2.24) is 19.7 Å². The van der Waals surface area contributed by atoms with Gasteiger partial charge in [0.2, 0.25) is 5.91 Å². The number of likely N-dealkylation sites (N-methyl/N-ethyl adjacent to an activating group) is 1. The molecule has 2 unspecified atom stereocenters. The Morgan fingerprint density at radius 1 is 1.05 bits per heavy atom. The Morgan fingerprint density at radius 2 is 1.71 bits per heavy atom. The first kappa shape index (κ1) is 33.7. The predicted octanol–water partition coefficient (Wildman–Crippen LogP) is 3.92. The van der Waals surface area contributed by atoms with Gasteiger partial charge in [-0.25, -0.2) is 0 Å². The number of amides is 3. The molecule has 0 aliphatic carbocycles. The maximum atomic E-state index is 12.7. The summed E-state index contributed by atoms with van der Waals surface area (Å²) in [6.45, 7) is 13.1. The minimum absolute atomic E-state index is 0.0337. The highest BCUT2D eigenvalue weighted by atomic mass is 127. The van der Waals surface area contributed by atoms with Crippen LogP contribution in [0.4, 0.5) is 17.1 Å². The van der Waals surface area contributed by atoms with Crippen molar-refractivity contribution in [3.05, 3.63) is 48.3 Å². The van der Waals surface area contributed by atoms with Crippen LogP contribution in [-0.2, 0) is 14.4 Å². The molecule has 0 spiro atoms. The quantitative estimate of drug-likeness (QED) is 0.186. The van der Waals surface area contributed by atoms with E-state index in [0.717, 1.165) is 19.3 Å². The van der Waals surface area contributed by atoms with E-state index in [1.54, 1.807) is 4.90 Å². The number of benzene rings is 1. The number of anilines is 3. The molecule has 1 aromatic heterocycles. The summed E-state index contributed by atoms with van der Waals surface area (Å²) < 4.78 is 0. The number of nitrogens with zero attached hydrogens (tertiary/aromatic N) is 5. The van der Waals surface area contributed by atoms with E-state index >= 15 is 0 Å². The van der Waals surface area contributed by atoms with E-state index in [1.165, 1.54) is 36.1 Å². The van der Waals surface area contributed by atoms with Gasteiger partial charge in [-0.05, 0) is 48.1 Å². The van der Waals surface area contributed by atoms with Crippen LogP contribution in [0.2, 0.25) is 0 Å². The molecule has 1 aromatic carbocycles. The number of pyridine rings is 1. The largest absolute Gasteiger partial charge is 0.369 e. The molecule has 0 radical (unpaired) electrons. The maximum Gasteiger partial charge on any atom is 0.314 e. The summed E-state index contributed by atoms with van der Waals surface area (Å²) in [5.41, 5.74) is 2.28. The van der Waals surface area contributed by atoms with Gasteiger partial charge in [-0.3, -0.25) is 19.4 Å². The number of halogens is 1. The fraction of sp³-hybridized carbons (Fsp3) is 0.483. The molecule has 0 saturated carbocycles. The van der Waals surface area contributed by atoms with Crippen LogP contribution in [0.3, 0.4) is 0 Å². The molecular weight excluding hydrogens is 666 g/mol. The molecule has 4 rings (SSSR count). The van der Waals surface area contributed by atoms with Crippen molar-refractivity contribution in [2.24, 2.45) is 5.41 Å². The van der Waals surface area contributed by atoms with Gasteiger partial charge in [0.05, 0.1) is 17.6 Å². The second kappa shape index (κ2) is 15.6. The van der Waals surface area contributed by atoms with Crippen molar-refractivity contribution in [2.45, 2.75) is 33.7 Å². The van der Waals surface area contributed by atoms with Crippen molar-refractivity contribution < 1.29 is 14.4 Å². The lowest BCUT2D eigenvalue weighted by molar-refractivity contribution is -0.150. The minimum atomic E-state index is -0.767. The number of aromatic nitrogens is 1. The van der Waals surface area contributed by atoms with Crippen LogP contribution < -0.4 is 15.3 Å². The van der Waals surface area contributed by atoms with Crippen molar-refractivity contribution in [3.8, 4) is 0 Å². The van der Waals surface area contributed by atoms with Crippen molar-refractivity contribution >= 4 is 69.4 Å². The maximum absolute atomic E-state index is 12.7. The zero-order valence-electron chi connectivity index (χ0n) is 25.0. The van der Waals surface area contributed by atoms with Crippen LogP contribution in [0.25, 0.3) is 0 Å². The van der Waals surface area contributed by atoms with Gasteiger partial charge in [-0.15, -0.1) is 0 Å². The molecule has 2 atom stereocenters. The third kappa shape index (κ3) is 9.08. The van der Waals surface area contributed by atoms with E-state index in [0.29, 0.717) is 42.9 Å². The summed E-state index contributed by atoms with van der Waals surface area (Å²) in [6.07, 6.45) is 4.41. The topological polar surface area (TPSA) is 125 Å². The van der Waals surface area contributed by atoms with Crippen LogP contribution in [0.1, 0.15) is 33.3 Å². The zero-order valence-corrected chi connectivity index (χ0v) is 28.1. The lowest BCUT2D eigenvalue weighted by atomic mass is 9.93. The Hall–Kier alpha value is -2.83. The predicted molar refractivity (Wildman–Crippen MR) is 180 cm³/mol. The third-order valence-corrected chi connectivity index (χ3v) is 8.34. The van der Waals surface area contributed by atoms with Crippen molar-refractivity contribution in [1.29, 1.82) is 5.41 Å². The van der Waals surface area contributed by atoms with Crippen molar-refractivity contribution in [3.63, 3.8) is 0 Å². The van der Waals surface area contributed by atoms with Gasteiger partial charge in [0.1, 0.15) is 0 Å². The molecule has 11 nitrogen and oxygen atoms in total. The average Bonchev–Trinajstić information content (AvgIpc) is 2.98. The number of hydrogen-bond donors (Lipinski definition) is 3. The Labute approximate surface area is 263 Å². The zero-order chi connectivity index (χ0) is 30.9. The first-order chi connectivity index (χ1) is 20.0. The number of piperazine rings is 2. The Morgan fingerprint density at radius 3 is 2.29 bits per heavy atom. The van der Waals surface area contributed by atoms with Crippen LogP contribution in [0.15, 0.2) is 42.7 Å². The highest BCUT2D eigenvalue weighted by Gasteiger charge is 2.36. The summed E-state index contributed by atoms with van der Waals surface area (Å²) in [4.78, 5) is 49.8. The van der Waals surface area contributed by atoms with Crippen LogP contribution >= 0.6 is 28.4 Å². The van der Waals surface area contributed by atoms with Gasteiger partial charge in [0.25, 0.3) is 0 Å². The summed E-state index contributed by atoms with van der Waals surface area (Å²) >= 11 is 2.14. The van der Waals surface area contributed by atoms with E-state index in [-0.39, 0.29) is 11.9 Å². The SMILES string of the molecule is CC1CN(C(=O)C(=O)Nc2cncc(C=N)c2NPI)CCN1C(=O)C(C)(C)C.CN1CCN(c2ccccc2)CC1. The highest BCUT2D eigenvalue weighted by Crippen LogP contribution is 2.32. The number of rotatable bonds is 5. The molecule has 3 heterocycles. The summed E-state index contributed by atoms with van der Waals surface area (Å²) in [5.74, 6) is -1.38. The van der Waals surface area contributed by atoms with E-state index in [2.05, 4.69) is 84.6 Å². The molecule has 0 bridgehead atoms. The molecule has 42 heavy (non-hydrogen) atoms.